The number of piperidine rings is 1. The molecule has 1 fully saturated rings. The highest BCUT2D eigenvalue weighted by Crippen LogP contribution is 2.31. The zero-order valence-corrected chi connectivity index (χ0v) is 14.5. The van der Waals surface area contributed by atoms with Crippen LogP contribution in [0.5, 0.6) is 0 Å². The number of imidazole rings is 1. The SMILES string of the molecule is CC[C@H]1CN(C(=O)c2nc(-c3ccccc3)[nH]c2C)CC[C@@]1(C)O. The van der Waals surface area contributed by atoms with E-state index in [0.717, 1.165) is 17.7 Å². The molecule has 2 aromatic rings. The molecule has 2 N–H and O–H groups in total. The van der Waals surface area contributed by atoms with Crippen molar-refractivity contribution in [1.29, 1.82) is 0 Å². The first-order valence-corrected chi connectivity index (χ1v) is 8.56. The van der Waals surface area contributed by atoms with Crippen molar-refractivity contribution < 1.29 is 9.90 Å². The van der Waals surface area contributed by atoms with Crippen LogP contribution in [0.1, 0.15) is 42.9 Å². The third-order valence-corrected chi connectivity index (χ3v) is 5.12. The third-order valence-electron chi connectivity index (χ3n) is 5.12. The first-order valence-electron chi connectivity index (χ1n) is 8.56. The van der Waals surface area contributed by atoms with E-state index in [4.69, 9.17) is 0 Å². The Morgan fingerprint density at radius 3 is 2.79 bits per heavy atom. The van der Waals surface area contributed by atoms with Gasteiger partial charge in [0.05, 0.1) is 5.60 Å². The molecular formula is C19H25N3O2. The molecule has 0 bridgehead atoms. The highest BCUT2D eigenvalue weighted by atomic mass is 16.3. The minimum atomic E-state index is -0.693. The number of nitrogens with zero attached hydrogens (tertiary/aromatic N) is 2. The quantitative estimate of drug-likeness (QED) is 0.910. The Morgan fingerprint density at radius 2 is 2.12 bits per heavy atom. The molecule has 2 atom stereocenters. The van der Waals surface area contributed by atoms with Gasteiger partial charge in [-0.2, -0.15) is 0 Å². The minimum Gasteiger partial charge on any atom is -0.390 e. The number of aliphatic hydroxyl groups is 1. The molecule has 0 saturated carbocycles. The van der Waals surface area contributed by atoms with Gasteiger partial charge in [-0.3, -0.25) is 4.79 Å². The lowest BCUT2D eigenvalue weighted by Crippen LogP contribution is -2.51. The second-order valence-corrected chi connectivity index (χ2v) is 6.89. The standard InChI is InChI=1S/C19H25N3O2/c1-4-15-12-22(11-10-19(15,3)24)18(23)16-13(2)20-17(21-16)14-8-6-5-7-9-14/h5-9,15,24H,4,10-12H2,1-3H3,(H,20,21)/t15-,19+/m0/s1. The molecule has 1 amide bonds. The van der Waals surface area contributed by atoms with Crippen molar-refractivity contribution in [2.24, 2.45) is 5.92 Å². The van der Waals surface area contributed by atoms with E-state index < -0.39 is 5.60 Å². The summed E-state index contributed by atoms with van der Waals surface area (Å²) in [5, 5.41) is 10.5. The summed E-state index contributed by atoms with van der Waals surface area (Å²) in [6.45, 7) is 6.95. The molecular weight excluding hydrogens is 302 g/mol. The van der Waals surface area contributed by atoms with Crippen molar-refractivity contribution in [3.05, 3.63) is 41.7 Å². The van der Waals surface area contributed by atoms with Gasteiger partial charge in [-0.15, -0.1) is 0 Å². The van der Waals surface area contributed by atoms with Crippen molar-refractivity contribution in [2.45, 2.75) is 39.2 Å². The molecule has 5 heteroatoms. The van der Waals surface area contributed by atoms with Gasteiger partial charge < -0.3 is 15.0 Å². The van der Waals surface area contributed by atoms with E-state index in [9.17, 15) is 9.90 Å². The molecule has 0 unspecified atom stereocenters. The number of benzene rings is 1. The summed E-state index contributed by atoms with van der Waals surface area (Å²) in [4.78, 5) is 22.5. The van der Waals surface area contributed by atoms with Crippen LogP contribution in [0.4, 0.5) is 0 Å². The molecule has 1 saturated heterocycles. The lowest BCUT2D eigenvalue weighted by atomic mass is 9.81. The maximum atomic E-state index is 12.9. The number of carbonyl (C=O) groups is 1. The fraction of sp³-hybridized carbons (Fsp3) is 0.474. The van der Waals surface area contributed by atoms with E-state index in [0.29, 0.717) is 31.0 Å². The lowest BCUT2D eigenvalue weighted by molar-refractivity contribution is -0.0522. The molecule has 0 radical (unpaired) electrons. The van der Waals surface area contributed by atoms with Crippen LogP contribution in [0.3, 0.4) is 0 Å². The van der Waals surface area contributed by atoms with Crippen LogP contribution < -0.4 is 0 Å². The monoisotopic (exact) mass is 327 g/mol. The van der Waals surface area contributed by atoms with Crippen molar-refractivity contribution >= 4 is 5.91 Å². The van der Waals surface area contributed by atoms with E-state index in [1.54, 1.807) is 0 Å². The Bertz CT molecular complexity index is 721. The van der Waals surface area contributed by atoms with Gasteiger partial charge in [0, 0.05) is 30.3 Å². The second kappa shape index (κ2) is 6.40. The zero-order chi connectivity index (χ0) is 17.3. The largest absolute Gasteiger partial charge is 0.390 e. The minimum absolute atomic E-state index is 0.0557. The van der Waals surface area contributed by atoms with E-state index in [-0.39, 0.29) is 11.8 Å². The number of rotatable bonds is 3. The molecule has 1 aliphatic rings. The molecule has 24 heavy (non-hydrogen) atoms. The Morgan fingerprint density at radius 1 is 1.42 bits per heavy atom. The normalized spacial score (nSPS) is 24.2. The first-order chi connectivity index (χ1) is 11.4. The number of amides is 1. The highest BCUT2D eigenvalue weighted by Gasteiger charge is 2.38. The molecule has 2 heterocycles. The van der Waals surface area contributed by atoms with E-state index >= 15 is 0 Å². The van der Waals surface area contributed by atoms with Crippen LogP contribution in [0.25, 0.3) is 11.4 Å². The summed E-state index contributed by atoms with van der Waals surface area (Å²) in [6.07, 6.45) is 1.46. The molecule has 1 aromatic carbocycles. The molecule has 3 rings (SSSR count). The van der Waals surface area contributed by atoms with Crippen LogP contribution in [0.2, 0.25) is 0 Å². The number of likely N-dealkylation sites (tertiary alicyclic amines) is 1. The Balaban J connectivity index is 1.82. The van der Waals surface area contributed by atoms with E-state index in [1.807, 2.05) is 49.1 Å². The van der Waals surface area contributed by atoms with Gasteiger partial charge in [0.2, 0.25) is 0 Å². The second-order valence-electron chi connectivity index (χ2n) is 6.89. The van der Waals surface area contributed by atoms with Gasteiger partial charge in [-0.25, -0.2) is 4.98 Å². The van der Waals surface area contributed by atoms with Crippen molar-refractivity contribution in [1.82, 2.24) is 14.9 Å². The predicted molar refractivity (Wildman–Crippen MR) is 93.7 cm³/mol. The van der Waals surface area contributed by atoms with Crippen LogP contribution >= 0.6 is 0 Å². The summed E-state index contributed by atoms with van der Waals surface area (Å²) >= 11 is 0. The number of hydrogen-bond acceptors (Lipinski definition) is 3. The molecule has 1 aliphatic heterocycles. The Hall–Kier alpha value is -2.14. The number of hydrogen-bond donors (Lipinski definition) is 2. The lowest BCUT2D eigenvalue weighted by Gasteiger charge is -2.42. The Kier molecular flexibility index (Phi) is 4.45. The summed E-state index contributed by atoms with van der Waals surface area (Å²) < 4.78 is 0. The average molecular weight is 327 g/mol. The van der Waals surface area contributed by atoms with E-state index in [2.05, 4.69) is 16.9 Å². The van der Waals surface area contributed by atoms with Crippen molar-refractivity contribution in [2.75, 3.05) is 13.1 Å². The van der Waals surface area contributed by atoms with Crippen LogP contribution in [0.15, 0.2) is 30.3 Å². The number of H-pyrrole nitrogens is 1. The van der Waals surface area contributed by atoms with Gasteiger partial charge >= 0.3 is 0 Å². The maximum absolute atomic E-state index is 12.9. The number of aromatic amines is 1. The highest BCUT2D eigenvalue weighted by molar-refractivity contribution is 5.94. The van der Waals surface area contributed by atoms with E-state index in [1.165, 1.54) is 0 Å². The summed E-state index contributed by atoms with van der Waals surface area (Å²) in [5.74, 6) is 0.760. The van der Waals surface area contributed by atoms with Crippen LogP contribution in [0, 0.1) is 12.8 Å². The van der Waals surface area contributed by atoms with Gasteiger partial charge in [-0.05, 0) is 26.7 Å². The third kappa shape index (κ3) is 3.08. The van der Waals surface area contributed by atoms with Gasteiger partial charge in [0.15, 0.2) is 0 Å². The van der Waals surface area contributed by atoms with Crippen LogP contribution in [-0.2, 0) is 0 Å². The van der Waals surface area contributed by atoms with Crippen molar-refractivity contribution in [3.8, 4) is 11.4 Å². The molecule has 0 aliphatic carbocycles. The fourth-order valence-corrected chi connectivity index (χ4v) is 3.42. The average Bonchev–Trinajstić information content (AvgIpc) is 2.97. The zero-order valence-electron chi connectivity index (χ0n) is 14.5. The van der Waals surface area contributed by atoms with Crippen molar-refractivity contribution in [3.63, 3.8) is 0 Å². The van der Waals surface area contributed by atoms with Gasteiger partial charge in [0.25, 0.3) is 5.91 Å². The fourth-order valence-electron chi connectivity index (χ4n) is 3.42. The summed E-state index contributed by atoms with van der Waals surface area (Å²) in [6, 6.07) is 9.80. The summed E-state index contributed by atoms with van der Waals surface area (Å²) in [7, 11) is 0. The van der Waals surface area contributed by atoms with Gasteiger partial charge in [0.1, 0.15) is 11.5 Å². The number of aryl methyl sites for hydroxylation is 1. The predicted octanol–water partition coefficient (Wildman–Crippen LogP) is 3.01. The topological polar surface area (TPSA) is 69.2 Å². The summed E-state index contributed by atoms with van der Waals surface area (Å²) in [5.41, 5.74) is 1.53. The maximum Gasteiger partial charge on any atom is 0.274 e. The Labute approximate surface area is 142 Å². The number of aromatic nitrogens is 2. The molecule has 128 valence electrons. The smallest absolute Gasteiger partial charge is 0.274 e. The molecule has 1 aromatic heterocycles. The number of carbonyl (C=O) groups excluding carboxylic acids is 1. The number of nitrogens with one attached hydrogen (secondary N) is 1. The molecule has 5 nitrogen and oxygen atoms in total. The molecule has 0 spiro atoms. The first kappa shape index (κ1) is 16.7. The van der Waals surface area contributed by atoms with Crippen LogP contribution in [-0.4, -0.2) is 44.6 Å². The van der Waals surface area contributed by atoms with Gasteiger partial charge in [-0.1, -0.05) is 37.3 Å².